The molecule has 0 aliphatic heterocycles. The van der Waals surface area contributed by atoms with Gasteiger partial charge in [-0.15, -0.1) is 12.4 Å². The lowest BCUT2D eigenvalue weighted by Crippen LogP contribution is -2.50. The molecule has 3 N–H and O–H groups in total. The zero-order valence-electron chi connectivity index (χ0n) is 18.3. The molecule has 0 bridgehead atoms. The Kier molecular flexibility index (Phi) is 10.1. The summed E-state index contributed by atoms with van der Waals surface area (Å²) >= 11 is 0. The quantitative estimate of drug-likeness (QED) is 0.462. The molecule has 0 radical (unpaired) electrons. The molecule has 3 atom stereocenters. The normalized spacial score (nSPS) is 17.1. The van der Waals surface area contributed by atoms with Crippen molar-refractivity contribution < 1.29 is 27.5 Å². The maximum Gasteiger partial charge on any atom is 0.315 e. The first-order chi connectivity index (χ1) is 15.3. The van der Waals surface area contributed by atoms with Gasteiger partial charge in [-0.25, -0.2) is 8.78 Å². The number of hydrogen-bond acceptors (Lipinski definition) is 3. The molecule has 0 unspecified atom stereocenters. The summed E-state index contributed by atoms with van der Waals surface area (Å²) in [6, 6.07) is 7.99. The SMILES string of the molecule is CCc1ccc2c(c1)[C@@H](NC[C@H](O)[C@H](Cc1cc(F)cc(F)c1)NC(=O)C(F)F)CCC2.Cl. The summed E-state index contributed by atoms with van der Waals surface area (Å²) in [5.41, 5.74) is 3.74. The van der Waals surface area contributed by atoms with Crippen molar-refractivity contribution in [3.8, 4) is 0 Å². The van der Waals surface area contributed by atoms with Gasteiger partial charge in [0.05, 0.1) is 12.1 Å². The van der Waals surface area contributed by atoms with E-state index in [0.717, 1.165) is 43.4 Å². The van der Waals surface area contributed by atoms with Gasteiger partial charge in [0.25, 0.3) is 5.91 Å². The van der Waals surface area contributed by atoms with Crippen LogP contribution in [-0.4, -0.2) is 36.1 Å². The number of hydrogen-bond donors (Lipinski definition) is 3. The van der Waals surface area contributed by atoms with Crippen LogP contribution < -0.4 is 10.6 Å². The van der Waals surface area contributed by atoms with Gasteiger partial charge in [-0.05, 0) is 66.5 Å². The molecule has 9 heteroatoms. The summed E-state index contributed by atoms with van der Waals surface area (Å²) in [4.78, 5) is 11.6. The van der Waals surface area contributed by atoms with E-state index in [1.165, 1.54) is 11.1 Å². The first-order valence-corrected chi connectivity index (χ1v) is 10.8. The number of benzene rings is 2. The monoisotopic (exact) mass is 488 g/mol. The lowest BCUT2D eigenvalue weighted by atomic mass is 9.86. The van der Waals surface area contributed by atoms with Gasteiger partial charge >= 0.3 is 6.43 Å². The third-order valence-corrected chi connectivity index (χ3v) is 5.87. The van der Waals surface area contributed by atoms with Crippen LogP contribution >= 0.6 is 12.4 Å². The second-order valence-corrected chi connectivity index (χ2v) is 8.20. The zero-order valence-corrected chi connectivity index (χ0v) is 19.1. The Labute approximate surface area is 197 Å². The maximum atomic E-state index is 13.5. The first kappa shape index (κ1) is 27.1. The van der Waals surface area contributed by atoms with Gasteiger partial charge in [0, 0.05) is 18.7 Å². The standard InChI is InChI=1S/C24H28F4N2O2.ClH/c1-2-14-6-7-16-4-3-5-20(19(16)10-14)29-13-22(31)21(30-24(32)23(27)28)11-15-8-17(25)12-18(26)9-15;/h6-10,12,20-23,29,31H,2-5,11,13H2,1H3,(H,30,32);1H/t20-,21-,22-;/m0./s1. The smallest absolute Gasteiger partial charge is 0.315 e. The number of rotatable bonds is 9. The topological polar surface area (TPSA) is 61.4 Å². The van der Waals surface area contributed by atoms with E-state index in [1.54, 1.807) is 0 Å². The molecule has 0 saturated carbocycles. The molecule has 0 fully saturated rings. The fourth-order valence-electron chi connectivity index (χ4n) is 4.20. The lowest BCUT2D eigenvalue weighted by Gasteiger charge is -2.30. The molecule has 2 aromatic carbocycles. The number of amides is 1. The molecule has 0 saturated heterocycles. The number of aliphatic hydroxyl groups excluding tert-OH is 1. The number of carbonyl (C=O) groups is 1. The van der Waals surface area contributed by atoms with Crippen molar-refractivity contribution in [2.24, 2.45) is 0 Å². The van der Waals surface area contributed by atoms with Gasteiger partial charge in [0.2, 0.25) is 0 Å². The number of carbonyl (C=O) groups excluding carboxylic acids is 1. The van der Waals surface area contributed by atoms with Crippen LogP contribution in [0.4, 0.5) is 17.6 Å². The summed E-state index contributed by atoms with van der Waals surface area (Å²) in [5, 5.41) is 16.1. The molecular formula is C24H29ClF4N2O2. The summed E-state index contributed by atoms with van der Waals surface area (Å²) in [5.74, 6) is -3.18. The van der Waals surface area contributed by atoms with Crippen molar-refractivity contribution in [3.05, 3.63) is 70.3 Å². The number of fused-ring (bicyclic) bond motifs is 1. The Morgan fingerprint density at radius 1 is 1.12 bits per heavy atom. The van der Waals surface area contributed by atoms with Crippen LogP contribution in [0.3, 0.4) is 0 Å². The van der Waals surface area contributed by atoms with Gasteiger partial charge < -0.3 is 15.7 Å². The highest BCUT2D eigenvalue weighted by Gasteiger charge is 2.28. The Hall–Kier alpha value is -2.16. The fraction of sp³-hybridized carbons (Fsp3) is 0.458. The Bertz CT molecular complexity index is 924. The van der Waals surface area contributed by atoms with Gasteiger partial charge in [-0.3, -0.25) is 4.79 Å². The minimum atomic E-state index is -3.26. The maximum absolute atomic E-state index is 13.5. The number of alkyl halides is 2. The van der Waals surface area contributed by atoms with E-state index in [-0.39, 0.29) is 37.0 Å². The average Bonchev–Trinajstić information content (AvgIpc) is 2.75. The summed E-state index contributed by atoms with van der Waals surface area (Å²) in [7, 11) is 0. The zero-order chi connectivity index (χ0) is 23.3. The van der Waals surface area contributed by atoms with Gasteiger partial charge in [0.1, 0.15) is 11.6 Å². The predicted molar refractivity (Wildman–Crippen MR) is 121 cm³/mol. The van der Waals surface area contributed by atoms with Crippen LogP contribution in [0.2, 0.25) is 0 Å². The largest absolute Gasteiger partial charge is 0.390 e. The Morgan fingerprint density at radius 2 is 1.82 bits per heavy atom. The molecule has 33 heavy (non-hydrogen) atoms. The minimum Gasteiger partial charge on any atom is -0.390 e. The van der Waals surface area contributed by atoms with Crippen LogP contribution in [0.25, 0.3) is 0 Å². The van der Waals surface area contributed by atoms with Gasteiger partial charge in [-0.2, -0.15) is 8.78 Å². The molecule has 4 nitrogen and oxygen atoms in total. The van der Waals surface area contributed by atoms with Crippen LogP contribution in [0.5, 0.6) is 0 Å². The van der Waals surface area contributed by atoms with Gasteiger partial charge in [0.15, 0.2) is 0 Å². The van der Waals surface area contributed by atoms with E-state index < -0.39 is 36.1 Å². The number of halogens is 5. The molecule has 0 spiro atoms. The van der Waals surface area contributed by atoms with E-state index in [0.29, 0.717) is 6.07 Å². The summed E-state index contributed by atoms with van der Waals surface area (Å²) in [6.45, 7) is 2.09. The van der Waals surface area contributed by atoms with E-state index >= 15 is 0 Å². The molecular weight excluding hydrogens is 460 g/mol. The lowest BCUT2D eigenvalue weighted by molar-refractivity contribution is -0.133. The highest BCUT2D eigenvalue weighted by Crippen LogP contribution is 2.30. The van der Waals surface area contributed by atoms with Crippen molar-refractivity contribution in [1.29, 1.82) is 0 Å². The molecule has 182 valence electrons. The second-order valence-electron chi connectivity index (χ2n) is 8.20. The molecule has 3 rings (SSSR count). The van der Waals surface area contributed by atoms with E-state index in [9.17, 15) is 27.5 Å². The second kappa shape index (κ2) is 12.3. The van der Waals surface area contributed by atoms with Crippen molar-refractivity contribution >= 4 is 18.3 Å². The molecule has 0 aromatic heterocycles. The number of aryl methyl sites for hydroxylation is 2. The highest BCUT2D eigenvalue weighted by atomic mass is 35.5. The minimum absolute atomic E-state index is 0. The van der Waals surface area contributed by atoms with Crippen molar-refractivity contribution in [1.82, 2.24) is 10.6 Å². The molecule has 1 aliphatic carbocycles. The van der Waals surface area contributed by atoms with Crippen LogP contribution in [0, 0.1) is 11.6 Å². The van der Waals surface area contributed by atoms with E-state index in [2.05, 4.69) is 35.8 Å². The summed E-state index contributed by atoms with van der Waals surface area (Å²) in [6.07, 6.45) is -1.01. The van der Waals surface area contributed by atoms with E-state index in [4.69, 9.17) is 0 Å². The first-order valence-electron chi connectivity index (χ1n) is 10.8. The van der Waals surface area contributed by atoms with Crippen molar-refractivity contribution in [2.75, 3.05) is 6.54 Å². The van der Waals surface area contributed by atoms with Crippen LogP contribution in [-0.2, 0) is 24.1 Å². The fourth-order valence-corrected chi connectivity index (χ4v) is 4.20. The Morgan fingerprint density at radius 3 is 2.45 bits per heavy atom. The van der Waals surface area contributed by atoms with E-state index in [1.807, 2.05) is 0 Å². The average molecular weight is 489 g/mol. The number of nitrogens with one attached hydrogen (secondary N) is 2. The van der Waals surface area contributed by atoms with Crippen LogP contribution in [0.1, 0.15) is 48.1 Å². The highest BCUT2D eigenvalue weighted by molar-refractivity contribution is 5.85. The molecule has 1 aliphatic rings. The van der Waals surface area contributed by atoms with Crippen molar-refractivity contribution in [2.45, 2.75) is 63.6 Å². The number of aliphatic hydroxyl groups is 1. The third-order valence-electron chi connectivity index (χ3n) is 5.87. The third kappa shape index (κ3) is 7.42. The van der Waals surface area contributed by atoms with Crippen LogP contribution in [0.15, 0.2) is 36.4 Å². The molecule has 1 amide bonds. The summed E-state index contributed by atoms with van der Waals surface area (Å²) < 4.78 is 52.7. The van der Waals surface area contributed by atoms with Gasteiger partial charge in [-0.1, -0.05) is 25.1 Å². The predicted octanol–water partition coefficient (Wildman–Crippen LogP) is 4.27. The molecule has 0 heterocycles. The molecule has 2 aromatic rings. The van der Waals surface area contributed by atoms with Crippen molar-refractivity contribution in [3.63, 3.8) is 0 Å². The Balaban J connectivity index is 0.00000385.